The lowest BCUT2D eigenvalue weighted by Crippen LogP contribution is -1.93. The van der Waals surface area contributed by atoms with Gasteiger partial charge in [-0.15, -0.1) is 0 Å². The zero-order valence-corrected chi connectivity index (χ0v) is 7.57. The van der Waals surface area contributed by atoms with Gasteiger partial charge < -0.3 is 15.3 Å². The Bertz CT molecular complexity index is 96.4. The van der Waals surface area contributed by atoms with Gasteiger partial charge in [-0.25, -0.2) is 0 Å². The molecule has 0 aliphatic heterocycles. The van der Waals surface area contributed by atoms with Crippen molar-refractivity contribution in [1.82, 2.24) is 0 Å². The predicted octanol–water partition coefficient (Wildman–Crippen LogP) is -1.26. The predicted molar refractivity (Wildman–Crippen MR) is 43.7 cm³/mol. The standard InChI is InChI=1S/2C3H6O2.CH4O/c2*1-3(5)2-4;1-2/h2*4H,2H2,1H3;2H,1H3. The van der Waals surface area contributed by atoms with Crippen LogP contribution in [0.15, 0.2) is 0 Å². The average Bonchev–Trinajstić information content (AvgIpc) is 2.09. The van der Waals surface area contributed by atoms with Crippen molar-refractivity contribution in [2.75, 3.05) is 20.3 Å². The van der Waals surface area contributed by atoms with Gasteiger partial charge in [0.25, 0.3) is 0 Å². The molecule has 0 aromatic carbocycles. The van der Waals surface area contributed by atoms with Crippen molar-refractivity contribution in [3.63, 3.8) is 0 Å². The van der Waals surface area contributed by atoms with Gasteiger partial charge in [-0.2, -0.15) is 0 Å². The number of ketones is 2. The van der Waals surface area contributed by atoms with Crippen molar-refractivity contribution >= 4 is 11.6 Å². The van der Waals surface area contributed by atoms with Crippen LogP contribution in [0.3, 0.4) is 0 Å². The number of rotatable bonds is 2. The van der Waals surface area contributed by atoms with Crippen LogP contribution in [-0.4, -0.2) is 47.2 Å². The Kier molecular flexibility index (Phi) is 24.1. The zero-order valence-electron chi connectivity index (χ0n) is 7.57. The van der Waals surface area contributed by atoms with Crippen LogP contribution in [-0.2, 0) is 9.59 Å². The van der Waals surface area contributed by atoms with Crippen molar-refractivity contribution in [1.29, 1.82) is 0 Å². The van der Waals surface area contributed by atoms with E-state index in [9.17, 15) is 9.59 Å². The van der Waals surface area contributed by atoms with E-state index in [2.05, 4.69) is 0 Å². The molecule has 12 heavy (non-hydrogen) atoms. The van der Waals surface area contributed by atoms with E-state index in [0.717, 1.165) is 7.11 Å². The van der Waals surface area contributed by atoms with Crippen molar-refractivity contribution in [2.24, 2.45) is 0 Å². The molecule has 0 saturated heterocycles. The third-order valence-corrected chi connectivity index (χ3v) is 0.445. The monoisotopic (exact) mass is 180 g/mol. The lowest BCUT2D eigenvalue weighted by molar-refractivity contribution is -0.120. The summed E-state index contributed by atoms with van der Waals surface area (Å²) < 4.78 is 0. The van der Waals surface area contributed by atoms with Crippen LogP contribution in [0.1, 0.15) is 13.8 Å². The van der Waals surface area contributed by atoms with Gasteiger partial charge in [0, 0.05) is 7.11 Å². The summed E-state index contributed by atoms with van der Waals surface area (Å²) in [5.41, 5.74) is 0. The zero-order chi connectivity index (χ0) is 10.6. The molecule has 0 heterocycles. The van der Waals surface area contributed by atoms with Crippen LogP contribution >= 0.6 is 0 Å². The third kappa shape index (κ3) is 60.1. The van der Waals surface area contributed by atoms with E-state index in [0.29, 0.717) is 0 Å². The number of Topliss-reactive ketones (excluding diaryl/α,β-unsaturated/α-hetero) is 2. The number of aliphatic hydroxyl groups is 3. The summed E-state index contributed by atoms with van der Waals surface area (Å²) in [6, 6.07) is 0. The first-order chi connectivity index (χ1) is 5.54. The van der Waals surface area contributed by atoms with Crippen molar-refractivity contribution in [3.8, 4) is 0 Å². The van der Waals surface area contributed by atoms with E-state index in [4.69, 9.17) is 15.3 Å². The molecule has 0 rings (SSSR count). The number of hydrogen-bond acceptors (Lipinski definition) is 5. The smallest absolute Gasteiger partial charge is 0.155 e. The highest BCUT2D eigenvalue weighted by atomic mass is 16.3. The summed E-state index contributed by atoms with van der Waals surface area (Å²) in [5, 5.41) is 22.6. The summed E-state index contributed by atoms with van der Waals surface area (Å²) in [5.74, 6) is -0.380. The number of carbonyl (C=O) groups is 2. The molecule has 0 atom stereocenters. The highest BCUT2D eigenvalue weighted by Gasteiger charge is 1.78. The molecule has 0 aromatic heterocycles. The molecule has 5 heteroatoms. The Morgan fingerprint density at radius 2 is 1.00 bits per heavy atom. The maximum atomic E-state index is 9.56. The molecule has 0 bridgehead atoms. The number of carbonyl (C=O) groups excluding carboxylic acids is 2. The maximum absolute atomic E-state index is 9.56. The Morgan fingerprint density at radius 3 is 1.00 bits per heavy atom. The van der Waals surface area contributed by atoms with Crippen molar-refractivity contribution in [2.45, 2.75) is 13.8 Å². The van der Waals surface area contributed by atoms with Crippen LogP contribution in [0.2, 0.25) is 0 Å². The summed E-state index contributed by atoms with van der Waals surface area (Å²) >= 11 is 0. The molecular weight excluding hydrogens is 164 g/mol. The van der Waals surface area contributed by atoms with Gasteiger partial charge in [0.2, 0.25) is 0 Å². The molecule has 0 radical (unpaired) electrons. The summed E-state index contributed by atoms with van der Waals surface area (Å²) in [7, 11) is 1.00. The molecule has 0 aliphatic rings. The Morgan fingerprint density at radius 1 is 0.917 bits per heavy atom. The SMILES string of the molecule is CC(=O)CO.CC(=O)CO.CO. The largest absolute Gasteiger partial charge is 0.400 e. The topological polar surface area (TPSA) is 94.8 Å². The van der Waals surface area contributed by atoms with Gasteiger partial charge in [0.1, 0.15) is 13.2 Å². The minimum atomic E-state index is -0.333. The normalized spacial score (nSPS) is 6.83. The number of hydrogen-bond donors (Lipinski definition) is 3. The fourth-order valence-electron chi connectivity index (χ4n) is 0. The molecule has 0 saturated carbocycles. The first-order valence-electron chi connectivity index (χ1n) is 3.20. The minimum Gasteiger partial charge on any atom is -0.400 e. The Hall–Kier alpha value is -0.780. The van der Waals surface area contributed by atoms with Crippen LogP contribution in [0, 0.1) is 0 Å². The van der Waals surface area contributed by atoms with Gasteiger partial charge >= 0.3 is 0 Å². The fraction of sp³-hybridized carbons (Fsp3) is 0.714. The van der Waals surface area contributed by atoms with E-state index in [1.54, 1.807) is 0 Å². The molecule has 0 fully saturated rings. The second-order valence-electron chi connectivity index (χ2n) is 1.72. The molecule has 5 nitrogen and oxygen atoms in total. The highest BCUT2D eigenvalue weighted by Crippen LogP contribution is 1.56. The molecule has 3 N–H and O–H groups in total. The molecule has 0 spiro atoms. The first-order valence-corrected chi connectivity index (χ1v) is 3.20. The fourth-order valence-corrected chi connectivity index (χ4v) is 0. The van der Waals surface area contributed by atoms with Crippen LogP contribution in [0.4, 0.5) is 0 Å². The van der Waals surface area contributed by atoms with Gasteiger partial charge in [-0.1, -0.05) is 0 Å². The van der Waals surface area contributed by atoms with Gasteiger partial charge in [0.15, 0.2) is 11.6 Å². The van der Waals surface area contributed by atoms with Crippen molar-refractivity contribution in [3.05, 3.63) is 0 Å². The second kappa shape index (κ2) is 16.7. The molecule has 0 aromatic rings. The first kappa shape index (κ1) is 17.3. The van der Waals surface area contributed by atoms with E-state index >= 15 is 0 Å². The van der Waals surface area contributed by atoms with E-state index in [1.807, 2.05) is 0 Å². The Labute approximate surface area is 71.6 Å². The van der Waals surface area contributed by atoms with Crippen LogP contribution < -0.4 is 0 Å². The van der Waals surface area contributed by atoms with E-state index < -0.39 is 0 Å². The molecule has 74 valence electrons. The number of aliphatic hydroxyl groups excluding tert-OH is 3. The second-order valence-corrected chi connectivity index (χ2v) is 1.72. The Balaban J connectivity index is -0.000000112. The van der Waals surface area contributed by atoms with Gasteiger partial charge in [-0.3, -0.25) is 9.59 Å². The van der Waals surface area contributed by atoms with E-state index in [1.165, 1.54) is 13.8 Å². The third-order valence-electron chi connectivity index (χ3n) is 0.445. The molecule has 0 aliphatic carbocycles. The van der Waals surface area contributed by atoms with Gasteiger partial charge in [0.05, 0.1) is 0 Å². The van der Waals surface area contributed by atoms with E-state index in [-0.39, 0.29) is 24.8 Å². The molecule has 0 amide bonds. The maximum Gasteiger partial charge on any atom is 0.155 e. The highest BCUT2D eigenvalue weighted by molar-refractivity contribution is 5.76. The average molecular weight is 180 g/mol. The van der Waals surface area contributed by atoms with Crippen molar-refractivity contribution < 1.29 is 24.9 Å². The van der Waals surface area contributed by atoms with Crippen LogP contribution in [0.5, 0.6) is 0 Å². The summed E-state index contributed by atoms with van der Waals surface area (Å²) in [6.45, 7) is 2.00. The lowest BCUT2D eigenvalue weighted by atomic mass is 10.5. The molecular formula is C7H16O5. The van der Waals surface area contributed by atoms with Gasteiger partial charge in [-0.05, 0) is 13.8 Å². The lowest BCUT2D eigenvalue weighted by Gasteiger charge is -1.72. The molecule has 0 unspecified atom stereocenters. The van der Waals surface area contributed by atoms with Crippen LogP contribution in [0.25, 0.3) is 0 Å². The summed E-state index contributed by atoms with van der Waals surface area (Å²) in [4.78, 5) is 19.1. The minimum absolute atomic E-state index is 0.190. The quantitative estimate of drug-likeness (QED) is 0.493. The summed E-state index contributed by atoms with van der Waals surface area (Å²) in [6.07, 6.45) is 0.